The van der Waals surface area contributed by atoms with Crippen LogP contribution in [0.3, 0.4) is 0 Å². The summed E-state index contributed by atoms with van der Waals surface area (Å²) in [6, 6.07) is 3.07. The van der Waals surface area contributed by atoms with Gasteiger partial charge in [0.05, 0.1) is 0 Å². The summed E-state index contributed by atoms with van der Waals surface area (Å²) in [5.41, 5.74) is -3.33. The minimum atomic E-state index is -5.18. The Morgan fingerprint density at radius 3 is 2.05 bits per heavy atom. The molecule has 0 aromatic heterocycles. The van der Waals surface area contributed by atoms with Gasteiger partial charge in [0.25, 0.3) is 0 Å². The molecule has 2 N–H and O–H groups in total. The highest BCUT2D eigenvalue weighted by Crippen LogP contribution is 2.30. The molecule has 1 unspecified atom stereocenters. The number of hydrogen-bond acceptors (Lipinski definition) is 2. The van der Waals surface area contributed by atoms with Gasteiger partial charge in [-0.05, 0) is 31.2 Å². The molecule has 0 fully saturated rings. The molecule has 1 atom stereocenters. The number of benzene rings is 1. The van der Waals surface area contributed by atoms with E-state index in [2.05, 4.69) is 0 Å². The second-order valence-electron chi connectivity index (χ2n) is 4.39. The first-order valence-corrected chi connectivity index (χ1v) is 5.60. The van der Waals surface area contributed by atoms with E-state index in [-0.39, 0.29) is 5.69 Å². The second kappa shape index (κ2) is 5.58. The normalized spacial score (nSPS) is 14.2. The molecule has 21 heavy (non-hydrogen) atoms. The third-order valence-corrected chi connectivity index (χ3v) is 2.87. The number of carboxylic acid groups (broad SMARTS) is 1. The van der Waals surface area contributed by atoms with Crippen LogP contribution in [0.5, 0.6) is 0 Å². The SMILES string of the molecule is CN(C(=O)NC(C)(C(=O)O)C(F)(F)F)c1ccc(F)cc1. The Hall–Kier alpha value is -2.32. The van der Waals surface area contributed by atoms with Crippen molar-refractivity contribution >= 4 is 17.7 Å². The molecule has 0 saturated heterocycles. The highest BCUT2D eigenvalue weighted by molar-refractivity contribution is 5.95. The molecule has 1 aromatic rings. The van der Waals surface area contributed by atoms with Crippen LogP contribution in [-0.2, 0) is 4.79 Å². The predicted molar refractivity (Wildman–Crippen MR) is 65.4 cm³/mol. The lowest BCUT2D eigenvalue weighted by Crippen LogP contribution is -2.63. The summed E-state index contributed by atoms with van der Waals surface area (Å²) in [4.78, 5) is 23.3. The lowest BCUT2D eigenvalue weighted by molar-refractivity contribution is -0.203. The van der Waals surface area contributed by atoms with Crippen molar-refractivity contribution < 1.29 is 32.3 Å². The van der Waals surface area contributed by atoms with Gasteiger partial charge in [0, 0.05) is 12.7 Å². The number of hydrogen-bond donors (Lipinski definition) is 2. The summed E-state index contributed by atoms with van der Waals surface area (Å²) in [6.45, 7) is 0.339. The Balaban J connectivity index is 2.98. The number of anilines is 1. The molecule has 0 aliphatic rings. The number of amides is 2. The maximum Gasteiger partial charge on any atom is 0.422 e. The Labute approximate surface area is 117 Å². The minimum absolute atomic E-state index is 0.101. The summed E-state index contributed by atoms with van der Waals surface area (Å²) in [5.74, 6) is -2.82. The van der Waals surface area contributed by atoms with Crippen LogP contribution in [0.15, 0.2) is 24.3 Å². The molecule has 9 heteroatoms. The van der Waals surface area contributed by atoms with Crippen molar-refractivity contribution in [2.24, 2.45) is 0 Å². The fraction of sp³-hybridized carbons (Fsp3) is 0.333. The zero-order valence-electron chi connectivity index (χ0n) is 11.0. The van der Waals surface area contributed by atoms with Gasteiger partial charge in [-0.1, -0.05) is 0 Å². The van der Waals surface area contributed by atoms with Crippen LogP contribution in [0, 0.1) is 5.82 Å². The summed E-state index contributed by atoms with van der Waals surface area (Å²) in [5, 5.41) is 10.1. The second-order valence-corrected chi connectivity index (χ2v) is 4.39. The third kappa shape index (κ3) is 3.41. The first-order valence-electron chi connectivity index (χ1n) is 5.60. The molecule has 0 heterocycles. The first-order chi connectivity index (χ1) is 9.49. The predicted octanol–water partition coefficient (Wildman–Crippen LogP) is 2.38. The molecule has 1 rings (SSSR count). The molecule has 2 amide bonds. The largest absolute Gasteiger partial charge is 0.479 e. The third-order valence-electron chi connectivity index (χ3n) is 2.87. The van der Waals surface area contributed by atoms with Gasteiger partial charge in [-0.2, -0.15) is 13.2 Å². The van der Waals surface area contributed by atoms with E-state index in [0.29, 0.717) is 6.92 Å². The van der Waals surface area contributed by atoms with Crippen LogP contribution in [0.25, 0.3) is 0 Å². The molecule has 0 bridgehead atoms. The molecular weight excluding hydrogens is 296 g/mol. The maximum absolute atomic E-state index is 12.8. The standard InChI is InChI=1S/C12H12F4N2O3/c1-11(9(19)20,12(14,15)16)17-10(21)18(2)8-5-3-7(13)4-6-8/h3-6H,1-2H3,(H,17,21)(H,19,20). The summed E-state index contributed by atoms with van der Waals surface area (Å²) < 4.78 is 51.1. The average Bonchev–Trinajstić information content (AvgIpc) is 2.37. The van der Waals surface area contributed by atoms with Gasteiger partial charge in [-0.3, -0.25) is 4.90 Å². The van der Waals surface area contributed by atoms with E-state index >= 15 is 0 Å². The van der Waals surface area contributed by atoms with Gasteiger partial charge < -0.3 is 10.4 Å². The number of aliphatic carboxylic acids is 1. The average molecular weight is 308 g/mol. The number of carbonyl (C=O) groups is 2. The van der Waals surface area contributed by atoms with E-state index in [9.17, 15) is 27.2 Å². The molecule has 5 nitrogen and oxygen atoms in total. The van der Waals surface area contributed by atoms with Gasteiger partial charge in [0.2, 0.25) is 5.54 Å². The number of alkyl halides is 3. The zero-order chi connectivity index (χ0) is 16.4. The van der Waals surface area contributed by atoms with Gasteiger partial charge in [0.15, 0.2) is 0 Å². The fourth-order valence-electron chi connectivity index (χ4n) is 1.33. The minimum Gasteiger partial charge on any atom is -0.479 e. The van der Waals surface area contributed by atoms with E-state index < -0.39 is 29.5 Å². The van der Waals surface area contributed by atoms with E-state index in [0.717, 1.165) is 24.1 Å². The number of urea groups is 1. The smallest absolute Gasteiger partial charge is 0.422 e. The topological polar surface area (TPSA) is 69.6 Å². The Kier molecular flexibility index (Phi) is 4.45. The Morgan fingerprint density at radius 2 is 1.67 bits per heavy atom. The fourth-order valence-corrected chi connectivity index (χ4v) is 1.33. The van der Waals surface area contributed by atoms with Crippen molar-refractivity contribution in [3.63, 3.8) is 0 Å². The lowest BCUT2D eigenvalue weighted by Gasteiger charge is -2.30. The lowest BCUT2D eigenvalue weighted by atomic mass is 10.0. The van der Waals surface area contributed by atoms with Crippen LogP contribution < -0.4 is 10.2 Å². The van der Waals surface area contributed by atoms with Crippen LogP contribution in [-0.4, -0.2) is 35.9 Å². The van der Waals surface area contributed by atoms with Crippen molar-refractivity contribution in [3.05, 3.63) is 30.1 Å². The molecular formula is C12H12F4N2O3. The molecule has 0 radical (unpaired) electrons. The van der Waals surface area contributed by atoms with E-state index in [1.165, 1.54) is 17.4 Å². The number of nitrogens with zero attached hydrogens (tertiary/aromatic N) is 1. The number of nitrogens with one attached hydrogen (secondary N) is 1. The van der Waals surface area contributed by atoms with E-state index in [4.69, 9.17) is 5.11 Å². The van der Waals surface area contributed by atoms with Crippen LogP contribution in [0.1, 0.15) is 6.92 Å². The Bertz CT molecular complexity index is 544. The van der Waals surface area contributed by atoms with Gasteiger partial charge in [0.1, 0.15) is 5.82 Å². The zero-order valence-corrected chi connectivity index (χ0v) is 11.0. The highest BCUT2D eigenvalue weighted by Gasteiger charge is 2.58. The summed E-state index contributed by atoms with van der Waals surface area (Å²) in [6.07, 6.45) is -5.18. The number of halogens is 4. The first kappa shape index (κ1) is 16.7. The van der Waals surface area contributed by atoms with Crippen molar-refractivity contribution in [2.75, 3.05) is 11.9 Å². The summed E-state index contributed by atoms with van der Waals surface area (Å²) in [7, 11) is 1.13. The number of rotatable bonds is 3. The quantitative estimate of drug-likeness (QED) is 0.842. The monoisotopic (exact) mass is 308 g/mol. The number of carbonyl (C=O) groups excluding carboxylic acids is 1. The molecule has 1 aromatic carbocycles. The molecule has 0 saturated carbocycles. The Morgan fingerprint density at radius 1 is 1.19 bits per heavy atom. The van der Waals surface area contributed by atoms with Crippen LogP contribution in [0.2, 0.25) is 0 Å². The van der Waals surface area contributed by atoms with Crippen molar-refractivity contribution in [1.29, 1.82) is 0 Å². The molecule has 0 aliphatic carbocycles. The van der Waals surface area contributed by atoms with Gasteiger partial charge in [-0.15, -0.1) is 0 Å². The highest BCUT2D eigenvalue weighted by atomic mass is 19.4. The van der Waals surface area contributed by atoms with Crippen LogP contribution >= 0.6 is 0 Å². The molecule has 0 aliphatic heterocycles. The van der Waals surface area contributed by atoms with Crippen molar-refractivity contribution in [1.82, 2.24) is 5.32 Å². The van der Waals surface area contributed by atoms with E-state index in [1.807, 2.05) is 0 Å². The van der Waals surface area contributed by atoms with Crippen molar-refractivity contribution in [3.8, 4) is 0 Å². The van der Waals surface area contributed by atoms with E-state index in [1.54, 1.807) is 0 Å². The van der Waals surface area contributed by atoms with Gasteiger partial charge >= 0.3 is 18.2 Å². The maximum atomic E-state index is 12.8. The molecule has 116 valence electrons. The van der Waals surface area contributed by atoms with Gasteiger partial charge in [-0.25, -0.2) is 14.0 Å². The van der Waals surface area contributed by atoms with Crippen molar-refractivity contribution in [2.45, 2.75) is 18.6 Å². The molecule has 0 spiro atoms. The summed E-state index contributed by atoms with van der Waals surface area (Å²) >= 11 is 0. The van der Waals surface area contributed by atoms with Crippen LogP contribution in [0.4, 0.5) is 28.0 Å². The number of carboxylic acids is 1.